The fraction of sp³-hybridized carbons (Fsp3) is 0.652. The van der Waals surface area contributed by atoms with Crippen LogP contribution in [0.4, 0.5) is 0 Å². The van der Waals surface area contributed by atoms with Crippen LogP contribution in [0.1, 0.15) is 74.7 Å². The second kappa shape index (κ2) is 9.89. The molecule has 0 aromatic rings. The summed E-state index contributed by atoms with van der Waals surface area (Å²) in [5, 5.41) is 0. The predicted molar refractivity (Wildman–Crippen MR) is 109 cm³/mol. The molecular weight excluding hydrogens is 308 g/mol. The van der Waals surface area contributed by atoms with Gasteiger partial charge in [0.05, 0.1) is 0 Å². The number of hydrogen-bond donors (Lipinski definition) is 0. The Hall–Kier alpha value is -1.44. The van der Waals surface area contributed by atoms with Crippen molar-refractivity contribution in [3.8, 4) is 0 Å². The quantitative estimate of drug-likeness (QED) is 0.410. The number of ketones is 2. The molecule has 0 aromatic heterocycles. The lowest BCUT2D eigenvalue weighted by Gasteiger charge is -2.34. The average Bonchev–Trinajstić information content (AvgIpc) is 2.49. The van der Waals surface area contributed by atoms with Crippen LogP contribution in [0.25, 0.3) is 0 Å². The number of carbonyl (C=O) groups excluding carboxylic acids is 2. The molecule has 0 aromatic carbocycles. The van der Waals surface area contributed by atoms with Crippen molar-refractivity contribution in [1.82, 2.24) is 0 Å². The Balaban J connectivity index is 5.27. The Kier molecular flexibility index (Phi) is 9.32. The van der Waals surface area contributed by atoms with E-state index in [0.29, 0.717) is 6.42 Å². The molecule has 0 rings (SSSR count). The van der Waals surface area contributed by atoms with Gasteiger partial charge in [-0.15, -0.1) is 0 Å². The normalized spacial score (nSPS) is 15.9. The maximum Gasteiger partial charge on any atom is 0.141 e. The molecule has 2 heteroatoms. The van der Waals surface area contributed by atoms with Gasteiger partial charge in [-0.05, 0) is 37.2 Å². The highest BCUT2D eigenvalue weighted by atomic mass is 16.1. The first-order chi connectivity index (χ1) is 11.4. The lowest BCUT2D eigenvalue weighted by Crippen LogP contribution is -2.34. The van der Waals surface area contributed by atoms with Crippen LogP contribution >= 0.6 is 0 Å². The number of rotatable bonds is 11. The monoisotopic (exact) mass is 346 g/mol. The van der Waals surface area contributed by atoms with Gasteiger partial charge in [-0.1, -0.05) is 79.3 Å². The van der Waals surface area contributed by atoms with Gasteiger partial charge in [-0.25, -0.2) is 0 Å². The summed E-state index contributed by atoms with van der Waals surface area (Å²) < 4.78 is 0. The molecule has 2 unspecified atom stereocenters. The number of carbonyl (C=O) groups is 2. The first kappa shape index (κ1) is 23.6. The molecule has 0 saturated heterocycles. The van der Waals surface area contributed by atoms with Gasteiger partial charge in [-0.2, -0.15) is 0 Å². The molecule has 0 bridgehead atoms. The summed E-state index contributed by atoms with van der Waals surface area (Å²) in [6.45, 7) is 19.7. The van der Waals surface area contributed by atoms with E-state index >= 15 is 0 Å². The smallest absolute Gasteiger partial charge is 0.141 e. The second-order valence-corrected chi connectivity index (χ2v) is 8.62. The molecule has 0 aliphatic rings. The standard InChI is InChI=1S/C23H38O2/c1-10-12-14-20(13-11-2)22(6,7)16-18(4)21(25)23(8,9)15-17(3)19(5)24/h11-14,17-18H,2,10,15-16H2,1,3-9H3/b14-12-,20-13+. The van der Waals surface area contributed by atoms with Crippen LogP contribution in [-0.4, -0.2) is 11.6 Å². The van der Waals surface area contributed by atoms with Crippen LogP contribution in [0.3, 0.4) is 0 Å². The van der Waals surface area contributed by atoms with Gasteiger partial charge in [0.1, 0.15) is 11.6 Å². The van der Waals surface area contributed by atoms with E-state index in [-0.39, 0.29) is 28.8 Å². The van der Waals surface area contributed by atoms with E-state index in [4.69, 9.17) is 0 Å². The Morgan fingerprint density at radius 1 is 1.00 bits per heavy atom. The highest BCUT2D eigenvalue weighted by Crippen LogP contribution is 2.38. The van der Waals surface area contributed by atoms with Crippen LogP contribution < -0.4 is 0 Å². The van der Waals surface area contributed by atoms with Gasteiger partial charge in [0.15, 0.2) is 0 Å². The SMILES string of the molecule is C=C/C=C(\C=C/CC)C(C)(C)CC(C)C(=O)C(C)(C)CC(C)C(C)=O. The number of Topliss-reactive ketones (excluding diaryl/α,β-unsaturated/α-hetero) is 2. The average molecular weight is 347 g/mol. The molecule has 0 aliphatic heterocycles. The third-order valence-corrected chi connectivity index (χ3v) is 5.05. The van der Waals surface area contributed by atoms with Gasteiger partial charge in [0.2, 0.25) is 0 Å². The minimum absolute atomic E-state index is 0.0626. The third-order valence-electron chi connectivity index (χ3n) is 5.05. The maximum atomic E-state index is 13.0. The molecule has 25 heavy (non-hydrogen) atoms. The van der Waals surface area contributed by atoms with Crippen LogP contribution in [-0.2, 0) is 9.59 Å². The summed E-state index contributed by atoms with van der Waals surface area (Å²) in [6, 6.07) is 0. The Bertz CT molecular complexity index is 532. The fourth-order valence-electron chi connectivity index (χ4n) is 3.53. The zero-order chi connectivity index (χ0) is 19.8. The summed E-state index contributed by atoms with van der Waals surface area (Å²) in [6.07, 6.45) is 10.5. The van der Waals surface area contributed by atoms with Crippen LogP contribution in [0.2, 0.25) is 0 Å². The molecule has 0 spiro atoms. The summed E-state index contributed by atoms with van der Waals surface area (Å²) in [5.74, 6) is 0.246. The minimum atomic E-state index is -0.484. The first-order valence-corrected chi connectivity index (χ1v) is 9.43. The van der Waals surface area contributed by atoms with Crippen molar-refractivity contribution in [2.24, 2.45) is 22.7 Å². The molecule has 0 aliphatic carbocycles. The van der Waals surface area contributed by atoms with E-state index in [1.165, 1.54) is 5.57 Å². The summed E-state index contributed by atoms with van der Waals surface area (Å²) in [7, 11) is 0. The van der Waals surface area contributed by atoms with Gasteiger partial charge in [0.25, 0.3) is 0 Å². The van der Waals surface area contributed by atoms with E-state index in [9.17, 15) is 9.59 Å². The van der Waals surface area contributed by atoms with Crippen molar-refractivity contribution in [2.45, 2.75) is 74.7 Å². The molecule has 142 valence electrons. The maximum absolute atomic E-state index is 13.0. The summed E-state index contributed by atoms with van der Waals surface area (Å²) in [4.78, 5) is 24.6. The van der Waals surface area contributed by atoms with Crippen LogP contribution in [0.15, 0.2) is 36.5 Å². The summed E-state index contributed by atoms with van der Waals surface area (Å²) >= 11 is 0. The second-order valence-electron chi connectivity index (χ2n) is 8.62. The molecule has 2 atom stereocenters. The van der Waals surface area contributed by atoms with Crippen LogP contribution in [0.5, 0.6) is 0 Å². The topological polar surface area (TPSA) is 34.1 Å². The molecule has 0 saturated carbocycles. The Labute approximate surface area is 155 Å². The van der Waals surface area contributed by atoms with E-state index in [0.717, 1.165) is 12.8 Å². The van der Waals surface area contributed by atoms with Crippen molar-refractivity contribution in [1.29, 1.82) is 0 Å². The molecule has 0 N–H and O–H groups in total. The largest absolute Gasteiger partial charge is 0.300 e. The minimum Gasteiger partial charge on any atom is -0.300 e. The third kappa shape index (κ3) is 7.54. The van der Waals surface area contributed by atoms with Crippen molar-refractivity contribution in [3.05, 3.63) is 36.5 Å². The van der Waals surface area contributed by atoms with E-state index < -0.39 is 5.41 Å². The molecule has 0 heterocycles. The van der Waals surface area contributed by atoms with Crippen LogP contribution in [0, 0.1) is 22.7 Å². The predicted octanol–water partition coefficient (Wildman–Crippen LogP) is 6.33. The fourth-order valence-corrected chi connectivity index (χ4v) is 3.53. The van der Waals surface area contributed by atoms with Gasteiger partial charge in [-0.3, -0.25) is 9.59 Å². The zero-order valence-corrected chi connectivity index (χ0v) is 17.6. The van der Waals surface area contributed by atoms with Crippen molar-refractivity contribution >= 4 is 11.6 Å². The summed E-state index contributed by atoms with van der Waals surface area (Å²) in [5.41, 5.74) is 0.596. The molecule has 2 nitrogen and oxygen atoms in total. The Morgan fingerprint density at radius 3 is 1.96 bits per heavy atom. The van der Waals surface area contributed by atoms with Crippen molar-refractivity contribution in [3.63, 3.8) is 0 Å². The molecule has 0 amide bonds. The highest BCUT2D eigenvalue weighted by molar-refractivity contribution is 5.87. The van der Waals surface area contributed by atoms with E-state index in [1.54, 1.807) is 6.92 Å². The molecule has 0 fully saturated rings. The lowest BCUT2D eigenvalue weighted by molar-refractivity contribution is -0.133. The van der Waals surface area contributed by atoms with Gasteiger partial charge >= 0.3 is 0 Å². The number of allylic oxidation sites excluding steroid dienone is 5. The van der Waals surface area contributed by atoms with Gasteiger partial charge < -0.3 is 0 Å². The molecular formula is C23H38O2. The Morgan fingerprint density at radius 2 is 1.52 bits per heavy atom. The van der Waals surface area contributed by atoms with Gasteiger partial charge in [0, 0.05) is 17.3 Å². The number of hydrogen-bond acceptors (Lipinski definition) is 2. The first-order valence-electron chi connectivity index (χ1n) is 9.43. The van der Waals surface area contributed by atoms with E-state index in [2.05, 4.69) is 39.5 Å². The van der Waals surface area contributed by atoms with Crippen molar-refractivity contribution < 1.29 is 9.59 Å². The highest BCUT2D eigenvalue weighted by Gasteiger charge is 2.36. The zero-order valence-electron chi connectivity index (χ0n) is 17.6. The van der Waals surface area contributed by atoms with Crippen molar-refractivity contribution in [2.75, 3.05) is 0 Å². The lowest BCUT2D eigenvalue weighted by atomic mass is 9.69. The van der Waals surface area contributed by atoms with E-state index in [1.807, 2.05) is 39.8 Å². The molecule has 0 radical (unpaired) electrons.